The van der Waals surface area contributed by atoms with Crippen LogP contribution in [0.1, 0.15) is 99.6 Å². The molecule has 0 aliphatic heterocycles. The molecule has 3 rings (SSSR count). The number of hydrogen-bond donors (Lipinski definition) is 0. The van der Waals surface area contributed by atoms with Crippen molar-refractivity contribution in [3.63, 3.8) is 0 Å². The van der Waals surface area contributed by atoms with Crippen LogP contribution in [0.25, 0.3) is 0 Å². The largest absolute Gasteiger partial charge is 0.312 e. The van der Waals surface area contributed by atoms with Gasteiger partial charge in [-0.05, 0) is 62.5 Å². The fourth-order valence-corrected chi connectivity index (χ4v) is 4.38. The Morgan fingerprint density at radius 1 is 1.26 bits per heavy atom. The number of Topliss-reactive ketones (excluding diaryl/α,β-unsaturated/α-hetero) is 1. The fourth-order valence-electron chi connectivity index (χ4n) is 4.38. The van der Waals surface area contributed by atoms with Gasteiger partial charge in [0.25, 0.3) is 0 Å². The topological polar surface area (TPSA) is 47.8 Å². The highest BCUT2D eigenvalue weighted by Crippen LogP contribution is 2.39. The second-order valence-electron chi connectivity index (χ2n) is 10.6. The third-order valence-corrected chi connectivity index (χ3v) is 6.21. The van der Waals surface area contributed by atoms with Crippen LogP contribution in [0.15, 0.2) is 30.9 Å². The van der Waals surface area contributed by atoms with Crippen LogP contribution >= 0.6 is 0 Å². The first kappa shape index (κ1) is 23.4. The van der Waals surface area contributed by atoms with Gasteiger partial charge >= 0.3 is 0 Å². The summed E-state index contributed by atoms with van der Waals surface area (Å²) in [4.78, 5) is 13.0. The molecule has 0 radical (unpaired) electrons. The van der Waals surface area contributed by atoms with Gasteiger partial charge in [0.05, 0.1) is 0 Å². The lowest BCUT2D eigenvalue weighted by Gasteiger charge is -2.19. The van der Waals surface area contributed by atoms with Crippen molar-refractivity contribution < 1.29 is 4.79 Å². The summed E-state index contributed by atoms with van der Waals surface area (Å²) in [5, 5.41) is 9.20. The highest BCUT2D eigenvalue weighted by molar-refractivity contribution is 5.82. The van der Waals surface area contributed by atoms with Crippen molar-refractivity contribution >= 4 is 5.78 Å². The molecule has 0 amide bonds. The quantitative estimate of drug-likeness (QED) is 0.391. The van der Waals surface area contributed by atoms with E-state index in [4.69, 9.17) is 0 Å². The molecule has 4 nitrogen and oxygen atoms in total. The van der Waals surface area contributed by atoms with Crippen molar-refractivity contribution in [2.24, 2.45) is 5.41 Å². The predicted octanol–water partition coefficient (Wildman–Crippen LogP) is 6.46. The summed E-state index contributed by atoms with van der Waals surface area (Å²) in [6.07, 6.45) is 9.27. The standard InChI is InChI=1S/C27H39N3O/c1-7-9-22(18-24(31)17-21-12-11-19(2)16-20(21)3)26-29-28-25(30(26)23-13-14-23)10-8-15-27(4,5)6/h7,11-12,16,22-23H,1,8-10,13-15,17-18H2,2-6H3/t22-/m0/s1. The normalized spacial score (nSPS) is 15.1. The second-order valence-corrected chi connectivity index (χ2v) is 10.6. The molecule has 1 saturated carbocycles. The number of nitrogens with zero attached hydrogens (tertiary/aromatic N) is 3. The lowest BCUT2D eigenvalue weighted by atomic mass is 9.90. The van der Waals surface area contributed by atoms with E-state index in [-0.39, 0.29) is 11.7 Å². The van der Waals surface area contributed by atoms with E-state index in [0.29, 0.717) is 24.3 Å². The minimum Gasteiger partial charge on any atom is -0.312 e. The monoisotopic (exact) mass is 421 g/mol. The zero-order valence-electron chi connectivity index (χ0n) is 20.1. The Hall–Kier alpha value is -2.23. The Labute approximate surface area is 188 Å². The maximum atomic E-state index is 13.0. The van der Waals surface area contributed by atoms with E-state index in [9.17, 15) is 4.79 Å². The average Bonchev–Trinajstić information content (AvgIpc) is 3.42. The van der Waals surface area contributed by atoms with Gasteiger partial charge in [-0.2, -0.15) is 0 Å². The van der Waals surface area contributed by atoms with E-state index in [1.807, 2.05) is 6.08 Å². The molecule has 0 saturated heterocycles. The lowest BCUT2D eigenvalue weighted by Crippen LogP contribution is -2.15. The fraction of sp³-hybridized carbons (Fsp3) is 0.593. The Morgan fingerprint density at radius 3 is 2.61 bits per heavy atom. The average molecular weight is 422 g/mol. The molecule has 0 unspecified atom stereocenters. The number of carbonyl (C=O) groups is 1. The van der Waals surface area contributed by atoms with E-state index in [1.54, 1.807) is 0 Å². The SMILES string of the molecule is C=CC[C@@H](CC(=O)Cc1ccc(C)cc1C)c1nnc(CCCC(C)(C)C)n1C1CC1. The van der Waals surface area contributed by atoms with Crippen molar-refractivity contribution in [1.29, 1.82) is 0 Å². The van der Waals surface area contributed by atoms with E-state index in [1.165, 1.54) is 30.4 Å². The van der Waals surface area contributed by atoms with Gasteiger partial charge in [0.2, 0.25) is 0 Å². The molecule has 0 bridgehead atoms. The van der Waals surface area contributed by atoms with Crippen LogP contribution < -0.4 is 0 Å². The molecule has 0 N–H and O–H groups in total. The van der Waals surface area contributed by atoms with Crippen LogP contribution in [0.3, 0.4) is 0 Å². The summed E-state index contributed by atoms with van der Waals surface area (Å²) in [6, 6.07) is 6.84. The van der Waals surface area contributed by atoms with Gasteiger partial charge in [-0.1, -0.05) is 50.6 Å². The Bertz CT molecular complexity index is 915. The first-order valence-electron chi connectivity index (χ1n) is 11.8. The Balaban J connectivity index is 1.74. The minimum atomic E-state index is 0.0558. The first-order chi connectivity index (χ1) is 14.7. The Kier molecular flexibility index (Phi) is 7.51. The highest BCUT2D eigenvalue weighted by atomic mass is 16.1. The molecule has 2 aromatic rings. The highest BCUT2D eigenvalue weighted by Gasteiger charge is 2.32. The van der Waals surface area contributed by atoms with Gasteiger partial charge in [0, 0.05) is 31.2 Å². The van der Waals surface area contributed by atoms with Gasteiger partial charge in [-0.15, -0.1) is 16.8 Å². The van der Waals surface area contributed by atoms with E-state index in [0.717, 1.165) is 36.5 Å². The van der Waals surface area contributed by atoms with E-state index < -0.39 is 0 Å². The summed E-state index contributed by atoms with van der Waals surface area (Å²) in [5.41, 5.74) is 3.88. The summed E-state index contributed by atoms with van der Waals surface area (Å²) in [5.74, 6) is 2.40. The molecule has 4 heteroatoms. The van der Waals surface area contributed by atoms with Crippen LogP contribution in [0.4, 0.5) is 0 Å². The van der Waals surface area contributed by atoms with Gasteiger partial charge in [-0.3, -0.25) is 4.79 Å². The van der Waals surface area contributed by atoms with E-state index in [2.05, 4.69) is 74.2 Å². The third kappa shape index (κ3) is 6.62. The zero-order chi connectivity index (χ0) is 22.6. The van der Waals surface area contributed by atoms with Crippen LogP contribution in [0, 0.1) is 19.3 Å². The molecular formula is C27H39N3O. The number of ketones is 1. The predicted molar refractivity (Wildman–Crippen MR) is 127 cm³/mol. The molecule has 1 aliphatic carbocycles. The summed E-state index contributed by atoms with van der Waals surface area (Å²) in [6.45, 7) is 15.0. The summed E-state index contributed by atoms with van der Waals surface area (Å²) >= 11 is 0. The van der Waals surface area contributed by atoms with Crippen molar-refractivity contribution in [2.45, 2.75) is 97.9 Å². The number of hydrogen-bond acceptors (Lipinski definition) is 3. The van der Waals surface area contributed by atoms with Crippen LogP contribution in [-0.4, -0.2) is 20.5 Å². The van der Waals surface area contributed by atoms with Crippen molar-refractivity contribution in [1.82, 2.24) is 14.8 Å². The number of rotatable bonds is 11. The number of aryl methyl sites for hydroxylation is 3. The van der Waals surface area contributed by atoms with Gasteiger partial charge in [-0.25, -0.2) is 0 Å². The van der Waals surface area contributed by atoms with Crippen molar-refractivity contribution in [3.8, 4) is 0 Å². The first-order valence-corrected chi connectivity index (χ1v) is 11.8. The zero-order valence-corrected chi connectivity index (χ0v) is 20.1. The molecule has 168 valence electrons. The van der Waals surface area contributed by atoms with Crippen LogP contribution in [0.2, 0.25) is 0 Å². The smallest absolute Gasteiger partial charge is 0.138 e. The summed E-state index contributed by atoms with van der Waals surface area (Å²) < 4.78 is 2.36. The van der Waals surface area contributed by atoms with Gasteiger partial charge in [0.15, 0.2) is 0 Å². The minimum absolute atomic E-state index is 0.0558. The molecular weight excluding hydrogens is 382 g/mol. The molecule has 1 heterocycles. The van der Waals surface area contributed by atoms with Crippen LogP contribution in [0.5, 0.6) is 0 Å². The maximum Gasteiger partial charge on any atom is 0.138 e. The third-order valence-electron chi connectivity index (χ3n) is 6.21. The van der Waals surface area contributed by atoms with E-state index >= 15 is 0 Å². The van der Waals surface area contributed by atoms with Crippen molar-refractivity contribution in [2.75, 3.05) is 0 Å². The lowest BCUT2D eigenvalue weighted by molar-refractivity contribution is -0.118. The second kappa shape index (κ2) is 9.93. The molecule has 1 fully saturated rings. The summed E-state index contributed by atoms with van der Waals surface area (Å²) in [7, 11) is 0. The molecule has 1 atom stereocenters. The molecule has 1 aromatic carbocycles. The molecule has 1 aromatic heterocycles. The number of allylic oxidation sites excluding steroid dienone is 1. The Morgan fingerprint density at radius 2 is 2.00 bits per heavy atom. The van der Waals surface area contributed by atoms with Crippen molar-refractivity contribution in [3.05, 3.63) is 59.2 Å². The van der Waals surface area contributed by atoms with Gasteiger partial charge in [0.1, 0.15) is 17.4 Å². The molecule has 31 heavy (non-hydrogen) atoms. The number of aromatic nitrogens is 3. The number of carbonyl (C=O) groups excluding carboxylic acids is 1. The molecule has 1 aliphatic rings. The molecule has 0 spiro atoms. The maximum absolute atomic E-state index is 13.0. The van der Waals surface area contributed by atoms with Gasteiger partial charge < -0.3 is 4.57 Å². The number of benzene rings is 1. The van der Waals surface area contributed by atoms with Crippen LogP contribution in [-0.2, 0) is 17.6 Å².